The molecule has 0 unspecified atom stereocenters. The van der Waals surface area contributed by atoms with E-state index in [0.29, 0.717) is 18.2 Å². The Hall–Kier alpha value is -2.36. The maximum Gasteiger partial charge on any atom is 0.255 e. The first-order chi connectivity index (χ1) is 11.2. The number of nitrogens with one attached hydrogen (secondary N) is 1. The fourth-order valence-electron chi connectivity index (χ4n) is 3.09. The van der Waals surface area contributed by atoms with Crippen LogP contribution < -0.4 is 5.32 Å². The molecule has 0 aliphatic heterocycles. The zero-order valence-corrected chi connectivity index (χ0v) is 13.5. The maximum absolute atomic E-state index is 12.6. The van der Waals surface area contributed by atoms with Gasteiger partial charge in [0.2, 0.25) is 0 Å². The lowest BCUT2D eigenvalue weighted by Gasteiger charge is -2.18. The highest BCUT2D eigenvalue weighted by molar-refractivity contribution is 5.94. The highest BCUT2D eigenvalue weighted by Crippen LogP contribution is 2.22. The highest BCUT2D eigenvalue weighted by Gasteiger charge is 2.16. The van der Waals surface area contributed by atoms with E-state index in [4.69, 9.17) is 0 Å². The van der Waals surface area contributed by atoms with Crippen LogP contribution in [-0.2, 0) is 6.54 Å². The Morgan fingerprint density at radius 2 is 1.96 bits per heavy atom. The van der Waals surface area contributed by atoms with E-state index in [2.05, 4.69) is 10.3 Å². The van der Waals surface area contributed by atoms with Crippen LogP contribution in [0.25, 0.3) is 0 Å². The molecule has 0 saturated heterocycles. The molecule has 0 bridgehead atoms. The molecule has 23 heavy (non-hydrogen) atoms. The fourth-order valence-corrected chi connectivity index (χ4v) is 3.09. The average molecular weight is 309 g/mol. The van der Waals surface area contributed by atoms with Crippen LogP contribution in [0.4, 0.5) is 5.69 Å². The lowest BCUT2D eigenvalue weighted by atomic mass is 10.2. The number of anilines is 1. The maximum atomic E-state index is 12.6. The lowest BCUT2D eigenvalue weighted by molar-refractivity contribution is 0.0784. The highest BCUT2D eigenvalue weighted by atomic mass is 16.2. The number of amides is 1. The third kappa shape index (κ3) is 4.09. The molecule has 2 aromatic rings. The molecular formula is C19H23N3O. The molecule has 0 spiro atoms. The van der Waals surface area contributed by atoms with Crippen LogP contribution in [0.5, 0.6) is 0 Å². The van der Waals surface area contributed by atoms with Gasteiger partial charge >= 0.3 is 0 Å². The van der Waals surface area contributed by atoms with Crippen molar-refractivity contribution in [2.24, 2.45) is 0 Å². The van der Waals surface area contributed by atoms with Gasteiger partial charge in [-0.05, 0) is 24.5 Å². The summed E-state index contributed by atoms with van der Waals surface area (Å²) >= 11 is 0. The summed E-state index contributed by atoms with van der Waals surface area (Å²) < 4.78 is 0. The van der Waals surface area contributed by atoms with Crippen LogP contribution in [0.2, 0.25) is 0 Å². The standard InChI is InChI=1S/C19H23N3O/c1-22(14-15-7-3-2-4-8-15)19(23)16-11-18(13-20-12-16)21-17-9-5-6-10-17/h2-4,7-8,11-13,17,21H,5-6,9-10,14H2,1H3. The van der Waals surface area contributed by atoms with Crippen LogP contribution in [0.3, 0.4) is 0 Å². The Bertz CT molecular complexity index is 651. The molecule has 1 heterocycles. The molecule has 3 rings (SSSR count). The second-order valence-corrected chi connectivity index (χ2v) is 6.23. The molecule has 1 aromatic carbocycles. The molecule has 1 N–H and O–H groups in total. The van der Waals surface area contributed by atoms with Crippen molar-refractivity contribution in [1.82, 2.24) is 9.88 Å². The summed E-state index contributed by atoms with van der Waals surface area (Å²) in [6, 6.07) is 12.4. The number of rotatable bonds is 5. The molecule has 4 heteroatoms. The number of aromatic nitrogens is 1. The van der Waals surface area contributed by atoms with Crippen LogP contribution in [0.15, 0.2) is 48.8 Å². The zero-order chi connectivity index (χ0) is 16.1. The third-order valence-corrected chi connectivity index (χ3v) is 4.32. The summed E-state index contributed by atoms with van der Waals surface area (Å²) in [5.41, 5.74) is 2.69. The van der Waals surface area contributed by atoms with E-state index in [9.17, 15) is 4.79 Å². The van der Waals surface area contributed by atoms with E-state index in [-0.39, 0.29) is 5.91 Å². The first kappa shape index (κ1) is 15.5. The first-order valence-electron chi connectivity index (χ1n) is 8.23. The predicted octanol–water partition coefficient (Wildman–Crippen LogP) is 3.71. The minimum absolute atomic E-state index is 0.00331. The molecule has 1 fully saturated rings. The number of hydrogen-bond donors (Lipinski definition) is 1. The van der Waals surface area contributed by atoms with Crippen LogP contribution >= 0.6 is 0 Å². The first-order valence-corrected chi connectivity index (χ1v) is 8.23. The molecule has 1 aliphatic rings. The van der Waals surface area contributed by atoms with Crippen molar-refractivity contribution in [3.63, 3.8) is 0 Å². The minimum atomic E-state index is -0.00331. The Balaban J connectivity index is 1.66. The monoisotopic (exact) mass is 309 g/mol. The van der Waals surface area contributed by atoms with E-state index in [1.54, 1.807) is 17.3 Å². The van der Waals surface area contributed by atoms with Crippen molar-refractivity contribution in [3.05, 3.63) is 59.9 Å². The summed E-state index contributed by atoms with van der Waals surface area (Å²) in [7, 11) is 1.83. The SMILES string of the molecule is CN(Cc1ccccc1)C(=O)c1cncc(NC2CCCC2)c1. The molecule has 120 valence electrons. The molecule has 1 saturated carbocycles. The van der Waals surface area contributed by atoms with E-state index in [1.807, 2.05) is 43.4 Å². The number of carbonyl (C=O) groups is 1. The van der Waals surface area contributed by atoms with Crippen molar-refractivity contribution < 1.29 is 4.79 Å². The Morgan fingerprint density at radius 1 is 1.22 bits per heavy atom. The minimum Gasteiger partial charge on any atom is -0.381 e. The zero-order valence-electron chi connectivity index (χ0n) is 13.5. The number of benzene rings is 1. The van der Waals surface area contributed by atoms with Gasteiger partial charge in [0.25, 0.3) is 5.91 Å². The van der Waals surface area contributed by atoms with Crippen LogP contribution in [0, 0.1) is 0 Å². The van der Waals surface area contributed by atoms with Crippen molar-refractivity contribution in [2.45, 2.75) is 38.3 Å². The van der Waals surface area contributed by atoms with Gasteiger partial charge in [0.05, 0.1) is 11.3 Å². The van der Waals surface area contributed by atoms with Gasteiger partial charge in [0, 0.05) is 32.0 Å². The van der Waals surface area contributed by atoms with Crippen LogP contribution in [0.1, 0.15) is 41.6 Å². The summed E-state index contributed by atoms with van der Waals surface area (Å²) in [4.78, 5) is 18.6. The van der Waals surface area contributed by atoms with Crippen molar-refractivity contribution in [1.29, 1.82) is 0 Å². The molecule has 4 nitrogen and oxygen atoms in total. The van der Waals surface area contributed by atoms with Gasteiger partial charge in [-0.3, -0.25) is 9.78 Å². The van der Waals surface area contributed by atoms with E-state index >= 15 is 0 Å². The van der Waals surface area contributed by atoms with E-state index < -0.39 is 0 Å². The molecule has 1 aromatic heterocycles. The molecule has 1 amide bonds. The number of carbonyl (C=O) groups excluding carboxylic acids is 1. The van der Waals surface area contributed by atoms with Crippen molar-refractivity contribution in [2.75, 3.05) is 12.4 Å². The average Bonchev–Trinajstić information content (AvgIpc) is 3.08. The summed E-state index contributed by atoms with van der Waals surface area (Å²) in [5.74, 6) is -0.00331. The van der Waals surface area contributed by atoms with Crippen LogP contribution in [-0.4, -0.2) is 28.9 Å². The Morgan fingerprint density at radius 3 is 2.70 bits per heavy atom. The second kappa shape index (κ2) is 7.27. The summed E-state index contributed by atoms with van der Waals surface area (Å²) in [5, 5.41) is 3.49. The Kier molecular flexibility index (Phi) is 4.91. The van der Waals surface area contributed by atoms with Crippen molar-refractivity contribution >= 4 is 11.6 Å². The molecule has 1 aliphatic carbocycles. The fraction of sp³-hybridized carbons (Fsp3) is 0.368. The molecular weight excluding hydrogens is 286 g/mol. The second-order valence-electron chi connectivity index (χ2n) is 6.23. The Labute approximate surface area is 137 Å². The quantitative estimate of drug-likeness (QED) is 0.916. The van der Waals surface area contributed by atoms with Gasteiger partial charge < -0.3 is 10.2 Å². The van der Waals surface area contributed by atoms with Gasteiger partial charge in [-0.15, -0.1) is 0 Å². The number of hydrogen-bond acceptors (Lipinski definition) is 3. The van der Waals surface area contributed by atoms with Gasteiger partial charge in [-0.1, -0.05) is 43.2 Å². The smallest absolute Gasteiger partial charge is 0.255 e. The van der Waals surface area contributed by atoms with E-state index in [1.165, 1.54) is 25.7 Å². The largest absolute Gasteiger partial charge is 0.381 e. The molecule has 0 radical (unpaired) electrons. The normalized spacial score (nSPS) is 14.7. The van der Waals surface area contributed by atoms with Gasteiger partial charge in [0.15, 0.2) is 0 Å². The number of pyridine rings is 1. The van der Waals surface area contributed by atoms with Crippen molar-refractivity contribution in [3.8, 4) is 0 Å². The number of nitrogens with zero attached hydrogens (tertiary/aromatic N) is 2. The third-order valence-electron chi connectivity index (χ3n) is 4.32. The van der Waals surface area contributed by atoms with Gasteiger partial charge in [-0.25, -0.2) is 0 Å². The summed E-state index contributed by atoms with van der Waals surface area (Å²) in [6.45, 7) is 0.597. The van der Waals surface area contributed by atoms with Gasteiger partial charge in [-0.2, -0.15) is 0 Å². The summed E-state index contributed by atoms with van der Waals surface area (Å²) in [6.07, 6.45) is 8.40. The molecule has 0 atom stereocenters. The van der Waals surface area contributed by atoms with E-state index in [0.717, 1.165) is 11.3 Å². The lowest BCUT2D eigenvalue weighted by Crippen LogP contribution is -2.26. The van der Waals surface area contributed by atoms with Gasteiger partial charge in [0.1, 0.15) is 0 Å². The topological polar surface area (TPSA) is 45.2 Å². The predicted molar refractivity (Wildman–Crippen MR) is 92.4 cm³/mol.